The van der Waals surface area contributed by atoms with Gasteiger partial charge in [-0.15, -0.1) is 0 Å². The van der Waals surface area contributed by atoms with Crippen LogP contribution in [0.4, 0.5) is 0 Å². The molecule has 0 saturated carbocycles. The van der Waals surface area contributed by atoms with Crippen LogP contribution in [0, 0.1) is 0 Å². The largest absolute Gasteiger partial charge is 0.481 e. The van der Waals surface area contributed by atoms with Gasteiger partial charge in [0.2, 0.25) is 0 Å². The molecule has 152 valence electrons. The first-order chi connectivity index (χ1) is 11.9. The maximum Gasteiger partial charge on any atom is 0.320 e. The van der Waals surface area contributed by atoms with Crippen molar-refractivity contribution in [2.75, 3.05) is 6.54 Å². The van der Waals surface area contributed by atoms with Crippen LogP contribution < -0.4 is 11.5 Å². The van der Waals surface area contributed by atoms with Crippen molar-refractivity contribution >= 4 is 29.8 Å². The van der Waals surface area contributed by atoms with Crippen molar-refractivity contribution in [3.05, 3.63) is 0 Å². The average molecular weight is 382 g/mol. The Kier molecular flexibility index (Phi) is 20.1. The second kappa shape index (κ2) is 18.6. The van der Waals surface area contributed by atoms with Crippen LogP contribution in [0.1, 0.15) is 44.9 Å². The number of carboxylic acids is 5. The molecule has 0 saturated heterocycles. The third-order valence-electron chi connectivity index (χ3n) is 2.39. The molecule has 0 fully saturated rings. The van der Waals surface area contributed by atoms with Crippen LogP contribution in [-0.4, -0.2) is 68.0 Å². The number of rotatable bonds is 11. The van der Waals surface area contributed by atoms with Gasteiger partial charge in [-0.05, 0) is 19.4 Å². The zero-order valence-electron chi connectivity index (χ0n) is 14.2. The van der Waals surface area contributed by atoms with E-state index in [2.05, 4.69) is 0 Å². The number of carboxylic acid groups (broad SMARTS) is 5. The van der Waals surface area contributed by atoms with Crippen molar-refractivity contribution in [1.82, 2.24) is 0 Å². The molecule has 0 aliphatic rings. The van der Waals surface area contributed by atoms with Gasteiger partial charge >= 0.3 is 29.8 Å². The predicted molar refractivity (Wildman–Crippen MR) is 87.5 cm³/mol. The fourth-order valence-electron chi connectivity index (χ4n) is 1.06. The smallest absolute Gasteiger partial charge is 0.320 e. The molecule has 0 aromatic carbocycles. The topological polar surface area (TPSA) is 239 Å². The molecule has 0 aliphatic carbocycles. The van der Waals surface area contributed by atoms with Gasteiger partial charge in [-0.25, -0.2) is 0 Å². The maximum atomic E-state index is 10.1. The van der Waals surface area contributed by atoms with Gasteiger partial charge in [-0.3, -0.25) is 24.0 Å². The fourth-order valence-corrected chi connectivity index (χ4v) is 1.06. The molecule has 9 N–H and O–H groups in total. The summed E-state index contributed by atoms with van der Waals surface area (Å²) in [5.74, 6) is -5.24. The molecule has 0 amide bonds. The van der Waals surface area contributed by atoms with Gasteiger partial charge in [0.1, 0.15) is 6.04 Å². The maximum absolute atomic E-state index is 10.1. The van der Waals surface area contributed by atoms with Crippen LogP contribution >= 0.6 is 0 Å². The standard InChI is InChI=1S/C6H14N2O2.2C4H6O4/c7-4-2-1-3-5(8)6(9)10;2*5-3(6)1-2-4(7)8/h5H,1-4,7-8H2,(H,9,10);2*1-2H2,(H,5,6)(H,7,8)/t5-;;/m0../s1. The van der Waals surface area contributed by atoms with Crippen molar-refractivity contribution in [2.24, 2.45) is 11.5 Å². The van der Waals surface area contributed by atoms with Gasteiger partial charge < -0.3 is 37.0 Å². The molecule has 0 radical (unpaired) electrons. The number of unbranched alkanes of at least 4 members (excludes halogenated alkanes) is 1. The van der Waals surface area contributed by atoms with Crippen molar-refractivity contribution in [1.29, 1.82) is 0 Å². The summed E-state index contributed by atoms with van der Waals surface area (Å²) in [6, 6.07) is -0.716. The van der Waals surface area contributed by atoms with Gasteiger partial charge in [-0.2, -0.15) is 0 Å². The van der Waals surface area contributed by atoms with E-state index < -0.39 is 35.9 Å². The molecule has 0 rings (SSSR count). The third-order valence-corrected chi connectivity index (χ3v) is 2.39. The Balaban J connectivity index is -0.000000308. The number of hydrogen-bond acceptors (Lipinski definition) is 7. The number of hydrogen-bond donors (Lipinski definition) is 7. The monoisotopic (exact) mass is 382 g/mol. The molecule has 12 nitrogen and oxygen atoms in total. The third kappa shape index (κ3) is 33.0. The van der Waals surface area contributed by atoms with E-state index in [0.29, 0.717) is 13.0 Å². The molecule has 26 heavy (non-hydrogen) atoms. The number of aliphatic carboxylic acids is 5. The molecule has 0 spiro atoms. The quantitative estimate of drug-likeness (QED) is 0.222. The Labute approximate surface area is 149 Å². The molecule has 0 unspecified atom stereocenters. The Morgan fingerprint density at radius 1 is 0.654 bits per heavy atom. The molecule has 1 atom stereocenters. The Bertz CT molecular complexity index is 397. The van der Waals surface area contributed by atoms with Crippen LogP contribution in [0.3, 0.4) is 0 Å². The lowest BCUT2D eigenvalue weighted by atomic mass is 10.1. The minimum Gasteiger partial charge on any atom is -0.481 e. The molecule has 0 heterocycles. The number of nitrogens with two attached hydrogens (primary N) is 2. The molecule has 12 heteroatoms. The minimum absolute atomic E-state index is 0.296. The van der Waals surface area contributed by atoms with Gasteiger partial charge in [-0.1, -0.05) is 6.42 Å². The van der Waals surface area contributed by atoms with E-state index >= 15 is 0 Å². The van der Waals surface area contributed by atoms with E-state index in [1.54, 1.807) is 0 Å². The molecular formula is C14H26N2O10. The highest BCUT2D eigenvalue weighted by molar-refractivity contribution is 5.75. The van der Waals surface area contributed by atoms with E-state index in [-0.39, 0.29) is 25.7 Å². The lowest BCUT2D eigenvalue weighted by Gasteiger charge is -2.03. The molecule has 0 aromatic rings. The van der Waals surface area contributed by atoms with E-state index in [9.17, 15) is 24.0 Å². The van der Waals surface area contributed by atoms with Gasteiger partial charge in [0.25, 0.3) is 0 Å². The number of carbonyl (C=O) groups is 5. The fraction of sp³-hybridized carbons (Fsp3) is 0.643. The van der Waals surface area contributed by atoms with E-state index in [4.69, 9.17) is 37.0 Å². The van der Waals surface area contributed by atoms with Crippen LogP contribution in [0.25, 0.3) is 0 Å². The second-order valence-corrected chi connectivity index (χ2v) is 4.80. The van der Waals surface area contributed by atoms with Crippen molar-refractivity contribution in [2.45, 2.75) is 51.0 Å². The Hall–Kier alpha value is -2.73. The summed E-state index contributed by atoms with van der Waals surface area (Å²) in [4.78, 5) is 48.7. The van der Waals surface area contributed by atoms with Crippen molar-refractivity contribution in [3.63, 3.8) is 0 Å². The highest BCUT2D eigenvalue weighted by Gasteiger charge is 2.09. The highest BCUT2D eigenvalue weighted by Crippen LogP contribution is 1.97. The summed E-state index contributed by atoms with van der Waals surface area (Å²) in [5, 5.41) is 39.9. The Morgan fingerprint density at radius 3 is 1.15 bits per heavy atom. The first-order valence-corrected chi connectivity index (χ1v) is 7.49. The zero-order chi connectivity index (χ0) is 21.1. The van der Waals surface area contributed by atoms with Crippen molar-refractivity contribution in [3.8, 4) is 0 Å². The van der Waals surface area contributed by atoms with Gasteiger partial charge in [0.05, 0.1) is 25.7 Å². The molecular weight excluding hydrogens is 356 g/mol. The summed E-state index contributed by atoms with van der Waals surface area (Å²) < 4.78 is 0. The lowest BCUT2D eigenvalue weighted by molar-refractivity contribution is -0.143. The summed E-state index contributed by atoms with van der Waals surface area (Å²) >= 11 is 0. The van der Waals surface area contributed by atoms with Gasteiger partial charge in [0, 0.05) is 0 Å². The van der Waals surface area contributed by atoms with E-state index in [1.165, 1.54) is 0 Å². The molecule has 0 aliphatic heterocycles. The van der Waals surface area contributed by atoms with Crippen LogP contribution in [0.15, 0.2) is 0 Å². The SMILES string of the molecule is NCCCC[C@H](N)C(=O)O.O=C(O)CCC(=O)O.O=C(O)CCC(=O)O. The molecule has 0 aromatic heterocycles. The summed E-state index contributed by atoms with van der Waals surface area (Å²) in [6.45, 7) is 0.604. The van der Waals surface area contributed by atoms with Gasteiger partial charge in [0.15, 0.2) is 0 Å². The summed E-state index contributed by atoms with van der Waals surface area (Å²) in [6.07, 6.45) is 0.979. The summed E-state index contributed by atoms with van der Waals surface area (Å²) in [7, 11) is 0. The average Bonchev–Trinajstić information content (AvgIpc) is 2.52. The van der Waals surface area contributed by atoms with Crippen LogP contribution in [-0.2, 0) is 24.0 Å². The van der Waals surface area contributed by atoms with Crippen LogP contribution in [0.2, 0.25) is 0 Å². The van der Waals surface area contributed by atoms with Crippen molar-refractivity contribution < 1.29 is 49.5 Å². The minimum atomic E-state index is -1.08. The van der Waals surface area contributed by atoms with Crippen LogP contribution in [0.5, 0.6) is 0 Å². The zero-order valence-corrected chi connectivity index (χ0v) is 14.2. The first kappa shape index (κ1) is 28.1. The summed E-state index contributed by atoms with van der Waals surface area (Å²) in [5.41, 5.74) is 10.4. The predicted octanol–water partition coefficient (Wildman–Crippen LogP) is -0.601. The first-order valence-electron chi connectivity index (χ1n) is 7.49. The van der Waals surface area contributed by atoms with E-state index in [0.717, 1.165) is 12.8 Å². The lowest BCUT2D eigenvalue weighted by Crippen LogP contribution is -2.29. The normalized spacial score (nSPS) is 10.2. The molecule has 0 bridgehead atoms. The Morgan fingerprint density at radius 2 is 0.962 bits per heavy atom. The van der Waals surface area contributed by atoms with E-state index in [1.807, 2.05) is 0 Å². The second-order valence-electron chi connectivity index (χ2n) is 4.80. The highest BCUT2D eigenvalue weighted by atomic mass is 16.4.